The minimum absolute atomic E-state index is 0.0773. The van der Waals surface area contributed by atoms with Crippen molar-refractivity contribution >= 4 is 43.3 Å². The number of anilines is 1. The van der Waals surface area contributed by atoms with Gasteiger partial charge in [-0.2, -0.15) is 13.5 Å². The van der Waals surface area contributed by atoms with Gasteiger partial charge in [-0.25, -0.2) is 0 Å². The Morgan fingerprint density at radius 1 is 0.833 bits per heavy atom. The van der Waals surface area contributed by atoms with Crippen molar-refractivity contribution in [3.63, 3.8) is 0 Å². The van der Waals surface area contributed by atoms with Crippen LogP contribution in [0.2, 0.25) is 0 Å². The van der Waals surface area contributed by atoms with E-state index in [-0.39, 0.29) is 11.1 Å². The normalized spacial score (nSPS) is 11.5. The van der Waals surface area contributed by atoms with Gasteiger partial charge in [0.2, 0.25) is 0 Å². The lowest BCUT2D eigenvalue weighted by molar-refractivity contribution is -0.136. The summed E-state index contributed by atoms with van der Waals surface area (Å²) in [5, 5.41) is 12.8. The van der Waals surface area contributed by atoms with Crippen molar-refractivity contribution in [1.82, 2.24) is 0 Å². The number of carboxylic acids is 1. The number of rotatable bonds is 6. The highest BCUT2D eigenvalue weighted by Gasteiger charge is 2.26. The molecule has 0 heterocycles. The average Bonchev–Trinajstić information content (AvgIpc) is 2.71. The van der Waals surface area contributed by atoms with Gasteiger partial charge in [-0.15, -0.1) is 0 Å². The summed E-state index contributed by atoms with van der Waals surface area (Å²) < 4.78 is 34.4. The van der Waals surface area contributed by atoms with Crippen molar-refractivity contribution in [2.45, 2.75) is 4.90 Å². The number of hydroxylamine groups is 1. The largest absolute Gasteiger partial charge is 0.480 e. The van der Waals surface area contributed by atoms with E-state index < -0.39 is 27.5 Å². The topological polar surface area (TPSA) is 104 Å². The highest BCUT2D eigenvalue weighted by atomic mass is 32.2. The summed E-state index contributed by atoms with van der Waals surface area (Å²) in [6.07, 6.45) is 0. The van der Waals surface area contributed by atoms with E-state index in [0.29, 0.717) is 11.1 Å². The second kappa shape index (κ2) is 7.66. The number of nitrogens with zero attached hydrogens (tertiary/aromatic N) is 1. The molecule has 30 heavy (non-hydrogen) atoms. The SMILES string of the molecule is O=C(O)CN(Oc1cccc2ccccc12)c1ccc2ccccc2c1S(=O)(=O)O. The molecule has 0 radical (unpaired) electrons. The van der Waals surface area contributed by atoms with Crippen molar-refractivity contribution < 1.29 is 27.7 Å². The standard InChI is InChI=1S/C22H17NO6S/c24-21(25)14-23(29-20-11-5-8-15-6-1-3-9-17(15)20)19-13-12-16-7-2-4-10-18(16)22(19)30(26,27)28/h1-13H,14H2,(H,24,25)(H,26,27,28). The van der Waals surface area contributed by atoms with Gasteiger partial charge in [0.05, 0.1) is 5.69 Å². The third-order valence-electron chi connectivity index (χ3n) is 4.62. The van der Waals surface area contributed by atoms with Crippen LogP contribution in [0.15, 0.2) is 83.8 Å². The molecule has 0 spiro atoms. The van der Waals surface area contributed by atoms with Gasteiger partial charge in [-0.05, 0) is 22.9 Å². The van der Waals surface area contributed by atoms with Crippen molar-refractivity contribution in [3.05, 3.63) is 78.9 Å². The molecule has 0 atom stereocenters. The van der Waals surface area contributed by atoms with E-state index in [1.807, 2.05) is 30.3 Å². The summed E-state index contributed by atoms with van der Waals surface area (Å²) in [5.74, 6) is -0.881. The van der Waals surface area contributed by atoms with Crippen LogP contribution < -0.4 is 9.90 Å². The summed E-state index contributed by atoms with van der Waals surface area (Å²) in [6, 6.07) is 22.3. The second-order valence-corrected chi connectivity index (χ2v) is 7.97. The van der Waals surface area contributed by atoms with Crippen molar-refractivity contribution in [2.75, 3.05) is 11.6 Å². The Morgan fingerprint density at radius 3 is 2.10 bits per heavy atom. The highest BCUT2D eigenvalue weighted by molar-refractivity contribution is 7.86. The van der Waals surface area contributed by atoms with Crippen LogP contribution in [-0.2, 0) is 14.9 Å². The Morgan fingerprint density at radius 2 is 1.43 bits per heavy atom. The smallest absolute Gasteiger partial charge is 0.326 e. The van der Waals surface area contributed by atoms with Crippen LogP contribution in [0.4, 0.5) is 5.69 Å². The molecule has 152 valence electrons. The minimum Gasteiger partial charge on any atom is -0.480 e. The summed E-state index contributed by atoms with van der Waals surface area (Å²) in [4.78, 5) is 17.0. The molecule has 0 saturated heterocycles. The van der Waals surface area contributed by atoms with E-state index in [4.69, 9.17) is 4.84 Å². The first-order chi connectivity index (χ1) is 14.3. The molecule has 0 bridgehead atoms. The molecule has 0 aliphatic rings. The molecular weight excluding hydrogens is 406 g/mol. The van der Waals surface area contributed by atoms with E-state index in [9.17, 15) is 22.9 Å². The summed E-state index contributed by atoms with van der Waals surface area (Å²) in [5.41, 5.74) is -0.0773. The zero-order chi connectivity index (χ0) is 21.3. The summed E-state index contributed by atoms with van der Waals surface area (Å²) in [7, 11) is -4.69. The van der Waals surface area contributed by atoms with Crippen LogP contribution in [0.5, 0.6) is 5.75 Å². The van der Waals surface area contributed by atoms with Crippen LogP contribution in [0.25, 0.3) is 21.5 Å². The van der Waals surface area contributed by atoms with Crippen molar-refractivity contribution in [3.8, 4) is 5.75 Å². The monoisotopic (exact) mass is 423 g/mol. The van der Waals surface area contributed by atoms with Gasteiger partial charge in [0.1, 0.15) is 4.90 Å². The first-order valence-corrected chi connectivity index (χ1v) is 10.4. The molecule has 0 aliphatic heterocycles. The Labute approximate surface area is 172 Å². The maximum absolute atomic E-state index is 12.2. The van der Waals surface area contributed by atoms with Crippen LogP contribution in [0.1, 0.15) is 0 Å². The first kappa shape index (κ1) is 19.7. The fourth-order valence-electron chi connectivity index (χ4n) is 3.38. The number of benzene rings is 4. The van der Waals surface area contributed by atoms with Gasteiger partial charge in [0, 0.05) is 10.8 Å². The zero-order valence-electron chi connectivity index (χ0n) is 15.6. The quantitative estimate of drug-likeness (QED) is 0.355. The minimum atomic E-state index is -4.69. The highest BCUT2D eigenvalue weighted by Crippen LogP contribution is 2.35. The summed E-state index contributed by atoms with van der Waals surface area (Å²) in [6.45, 7) is -0.649. The third-order valence-corrected chi connectivity index (χ3v) is 5.57. The van der Waals surface area contributed by atoms with Gasteiger partial charge >= 0.3 is 5.97 Å². The number of hydrogen-bond acceptors (Lipinski definition) is 5. The first-order valence-electron chi connectivity index (χ1n) is 8.99. The molecule has 0 saturated carbocycles. The number of hydrogen-bond donors (Lipinski definition) is 2. The number of carbonyl (C=O) groups is 1. The Bertz CT molecular complexity index is 1360. The Kier molecular flexibility index (Phi) is 5.03. The molecule has 2 N–H and O–H groups in total. The maximum atomic E-state index is 12.2. The Hall–Kier alpha value is -3.62. The van der Waals surface area contributed by atoms with E-state index in [0.717, 1.165) is 15.8 Å². The molecule has 4 aromatic rings. The van der Waals surface area contributed by atoms with Crippen LogP contribution in [0.3, 0.4) is 0 Å². The lowest BCUT2D eigenvalue weighted by Crippen LogP contribution is -2.34. The third kappa shape index (κ3) is 3.78. The lowest BCUT2D eigenvalue weighted by atomic mass is 10.1. The number of aliphatic carboxylic acids is 1. The second-order valence-electron chi connectivity index (χ2n) is 6.61. The number of carboxylic acid groups (broad SMARTS) is 1. The fourth-order valence-corrected chi connectivity index (χ4v) is 4.28. The van der Waals surface area contributed by atoms with E-state index in [1.165, 1.54) is 6.07 Å². The number of fused-ring (bicyclic) bond motifs is 2. The van der Waals surface area contributed by atoms with Crippen LogP contribution >= 0.6 is 0 Å². The predicted octanol–water partition coefficient (Wildman–Crippen LogP) is 4.12. The van der Waals surface area contributed by atoms with E-state index in [1.54, 1.807) is 42.5 Å². The molecule has 4 aromatic carbocycles. The molecule has 8 heteroatoms. The average molecular weight is 423 g/mol. The fraction of sp³-hybridized carbons (Fsp3) is 0.0455. The van der Waals surface area contributed by atoms with Crippen LogP contribution in [-0.4, -0.2) is 30.6 Å². The molecule has 4 rings (SSSR count). The molecule has 0 fully saturated rings. The molecular formula is C22H17NO6S. The molecule has 0 aromatic heterocycles. The van der Waals surface area contributed by atoms with Gasteiger partial charge in [0.15, 0.2) is 12.3 Å². The lowest BCUT2D eigenvalue weighted by Gasteiger charge is -2.25. The maximum Gasteiger partial charge on any atom is 0.326 e. The molecule has 7 nitrogen and oxygen atoms in total. The molecule has 0 amide bonds. The zero-order valence-corrected chi connectivity index (χ0v) is 16.4. The van der Waals surface area contributed by atoms with E-state index >= 15 is 0 Å². The van der Waals surface area contributed by atoms with E-state index in [2.05, 4.69) is 0 Å². The van der Waals surface area contributed by atoms with Gasteiger partial charge in [0.25, 0.3) is 10.1 Å². The van der Waals surface area contributed by atoms with Crippen molar-refractivity contribution in [1.29, 1.82) is 0 Å². The van der Waals surface area contributed by atoms with Gasteiger partial charge in [-0.1, -0.05) is 66.7 Å². The molecule has 0 aliphatic carbocycles. The van der Waals surface area contributed by atoms with Gasteiger partial charge < -0.3 is 9.94 Å². The van der Waals surface area contributed by atoms with Crippen LogP contribution in [0, 0.1) is 0 Å². The summed E-state index contributed by atoms with van der Waals surface area (Å²) >= 11 is 0. The van der Waals surface area contributed by atoms with Crippen molar-refractivity contribution in [2.24, 2.45) is 0 Å². The van der Waals surface area contributed by atoms with Gasteiger partial charge in [-0.3, -0.25) is 9.35 Å². The Balaban J connectivity index is 1.91. The molecule has 0 unspecified atom stereocenters. The predicted molar refractivity (Wildman–Crippen MR) is 113 cm³/mol.